The molecular weight excluding hydrogens is 248 g/mol. The van der Waals surface area contributed by atoms with E-state index in [2.05, 4.69) is 33.8 Å². The van der Waals surface area contributed by atoms with Crippen LogP contribution in [0.15, 0.2) is 24.3 Å². The lowest BCUT2D eigenvalue weighted by molar-refractivity contribution is -0.133. The smallest absolute Gasteiger partial charge is 0.222 e. The first-order valence-corrected chi connectivity index (χ1v) is 7.00. The van der Waals surface area contributed by atoms with Crippen molar-refractivity contribution in [3.63, 3.8) is 0 Å². The molecule has 0 unspecified atom stereocenters. The molecule has 0 spiro atoms. The van der Waals surface area contributed by atoms with Crippen LogP contribution in [0.2, 0.25) is 0 Å². The lowest BCUT2D eigenvalue weighted by Crippen LogP contribution is -2.43. The van der Waals surface area contributed by atoms with E-state index in [-0.39, 0.29) is 17.4 Å². The van der Waals surface area contributed by atoms with Crippen LogP contribution in [0.4, 0.5) is 0 Å². The maximum atomic E-state index is 12.2. The molecule has 108 valence electrons. The third kappa shape index (κ3) is 4.38. The molecule has 1 amide bonds. The summed E-state index contributed by atoms with van der Waals surface area (Å²) in [5, 5.41) is 8.75. The summed E-state index contributed by atoms with van der Waals surface area (Å²) < 4.78 is 0. The molecule has 3 nitrogen and oxygen atoms in total. The molecule has 0 heterocycles. The number of hydrogen-bond acceptors (Lipinski definition) is 2. The molecule has 0 radical (unpaired) electrons. The molecule has 1 rings (SSSR count). The number of hydrogen-bond donors (Lipinski definition) is 0. The molecule has 0 N–H and O–H groups in total. The van der Waals surface area contributed by atoms with Crippen LogP contribution in [0, 0.1) is 16.7 Å². The minimum atomic E-state index is 0.0822. The highest BCUT2D eigenvalue weighted by molar-refractivity contribution is 5.76. The quantitative estimate of drug-likeness (QED) is 0.843. The van der Waals surface area contributed by atoms with Gasteiger partial charge >= 0.3 is 0 Å². The Morgan fingerprint density at radius 3 is 2.30 bits per heavy atom. The molecule has 20 heavy (non-hydrogen) atoms. The molecule has 3 heteroatoms. The Morgan fingerprint density at radius 2 is 1.85 bits per heavy atom. The van der Waals surface area contributed by atoms with E-state index in [0.717, 1.165) is 5.56 Å². The van der Waals surface area contributed by atoms with Crippen molar-refractivity contribution in [2.45, 2.75) is 46.6 Å². The lowest BCUT2D eigenvalue weighted by atomic mass is 9.87. The van der Waals surface area contributed by atoms with Crippen molar-refractivity contribution in [1.29, 1.82) is 5.26 Å². The number of nitriles is 1. The second kappa shape index (κ2) is 6.56. The van der Waals surface area contributed by atoms with Gasteiger partial charge in [0.2, 0.25) is 5.91 Å². The molecule has 0 bridgehead atoms. The number of rotatable bonds is 4. The highest BCUT2D eigenvalue weighted by atomic mass is 16.2. The number of amides is 1. The van der Waals surface area contributed by atoms with Gasteiger partial charge in [0.15, 0.2) is 0 Å². The van der Waals surface area contributed by atoms with Crippen LogP contribution in [0.5, 0.6) is 0 Å². The molecule has 0 aliphatic heterocycles. The summed E-state index contributed by atoms with van der Waals surface area (Å²) in [4.78, 5) is 14.0. The first-order valence-electron chi connectivity index (χ1n) is 7.00. The maximum Gasteiger partial charge on any atom is 0.222 e. The third-order valence-corrected chi connectivity index (χ3v) is 3.94. The molecule has 0 saturated carbocycles. The van der Waals surface area contributed by atoms with Gasteiger partial charge < -0.3 is 4.90 Å². The summed E-state index contributed by atoms with van der Waals surface area (Å²) in [6.45, 7) is 8.51. The van der Waals surface area contributed by atoms with Gasteiger partial charge in [-0.25, -0.2) is 0 Å². The van der Waals surface area contributed by atoms with Gasteiger partial charge in [-0.15, -0.1) is 0 Å². The van der Waals surface area contributed by atoms with E-state index < -0.39 is 0 Å². The van der Waals surface area contributed by atoms with Gasteiger partial charge in [0.25, 0.3) is 0 Å². The summed E-state index contributed by atoms with van der Waals surface area (Å²) in [5.41, 5.74) is 1.83. The molecule has 0 aliphatic rings. The first kappa shape index (κ1) is 16.2. The number of carbonyl (C=O) groups excluding carboxylic acids is 1. The van der Waals surface area contributed by atoms with Crippen molar-refractivity contribution in [3.8, 4) is 6.07 Å². The molecule has 1 atom stereocenters. The lowest BCUT2D eigenvalue weighted by Gasteiger charge is -2.35. The SMILES string of the molecule is C[C@@H](N(C)C(=O)CCc1ccc(C#N)cc1)C(C)(C)C. The second-order valence-corrected chi connectivity index (χ2v) is 6.36. The summed E-state index contributed by atoms with van der Waals surface area (Å²) in [6.07, 6.45) is 1.22. The van der Waals surface area contributed by atoms with E-state index in [0.29, 0.717) is 18.4 Å². The molecule has 0 saturated heterocycles. The van der Waals surface area contributed by atoms with E-state index >= 15 is 0 Å². The summed E-state index contributed by atoms with van der Waals surface area (Å²) >= 11 is 0. The molecule has 0 fully saturated rings. The normalized spacial score (nSPS) is 12.6. The van der Waals surface area contributed by atoms with E-state index in [4.69, 9.17) is 5.26 Å². The molecule has 1 aromatic carbocycles. The van der Waals surface area contributed by atoms with Crippen LogP contribution >= 0.6 is 0 Å². The minimum Gasteiger partial charge on any atom is -0.343 e. The van der Waals surface area contributed by atoms with Crippen LogP contribution in [0.1, 0.15) is 45.2 Å². The van der Waals surface area contributed by atoms with Crippen molar-refractivity contribution in [2.24, 2.45) is 5.41 Å². The van der Waals surface area contributed by atoms with Crippen LogP contribution in [0.3, 0.4) is 0 Å². The van der Waals surface area contributed by atoms with Gasteiger partial charge in [-0.1, -0.05) is 32.9 Å². The van der Waals surface area contributed by atoms with Gasteiger partial charge in [0.1, 0.15) is 0 Å². The fraction of sp³-hybridized carbons (Fsp3) is 0.529. The molecule has 0 aliphatic carbocycles. The maximum absolute atomic E-state index is 12.2. The van der Waals surface area contributed by atoms with Gasteiger partial charge in [0, 0.05) is 19.5 Å². The Morgan fingerprint density at radius 1 is 1.30 bits per heavy atom. The van der Waals surface area contributed by atoms with Crippen LogP contribution in [0.25, 0.3) is 0 Å². The zero-order chi connectivity index (χ0) is 15.3. The predicted molar refractivity (Wildman–Crippen MR) is 81.2 cm³/mol. The Labute approximate surface area is 122 Å². The fourth-order valence-electron chi connectivity index (χ4n) is 1.97. The summed E-state index contributed by atoms with van der Waals surface area (Å²) in [5.74, 6) is 0.164. The largest absolute Gasteiger partial charge is 0.343 e. The van der Waals surface area contributed by atoms with E-state index in [1.807, 2.05) is 24.1 Å². The zero-order valence-corrected chi connectivity index (χ0v) is 13.1. The fourth-order valence-corrected chi connectivity index (χ4v) is 1.97. The van der Waals surface area contributed by atoms with Gasteiger partial charge in [-0.2, -0.15) is 5.26 Å². The summed E-state index contributed by atoms with van der Waals surface area (Å²) in [7, 11) is 1.87. The number of carbonyl (C=O) groups is 1. The van der Waals surface area contributed by atoms with Crippen LogP contribution in [-0.4, -0.2) is 23.9 Å². The van der Waals surface area contributed by atoms with Gasteiger partial charge in [-0.3, -0.25) is 4.79 Å². The van der Waals surface area contributed by atoms with Crippen molar-refractivity contribution < 1.29 is 4.79 Å². The highest BCUT2D eigenvalue weighted by Gasteiger charge is 2.26. The Bertz CT molecular complexity index is 491. The third-order valence-electron chi connectivity index (χ3n) is 3.94. The van der Waals surface area contributed by atoms with Crippen molar-refractivity contribution in [2.75, 3.05) is 7.05 Å². The number of nitrogens with zero attached hydrogens (tertiary/aromatic N) is 2. The highest BCUT2D eigenvalue weighted by Crippen LogP contribution is 2.23. The molecule has 0 aromatic heterocycles. The predicted octanol–water partition coefficient (Wildman–Crippen LogP) is 3.38. The molecule has 1 aromatic rings. The second-order valence-electron chi connectivity index (χ2n) is 6.36. The summed E-state index contributed by atoms with van der Waals surface area (Å²) in [6, 6.07) is 9.72. The van der Waals surface area contributed by atoms with E-state index in [1.165, 1.54) is 0 Å². The Balaban J connectivity index is 2.56. The van der Waals surface area contributed by atoms with E-state index in [1.54, 1.807) is 12.1 Å². The van der Waals surface area contributed by atoms with E-state index in [9.17, 15) is 4.79 Å². The average molecular weight is 272 g/mol. The zero-order valence-electron chi connectivity index (χ0n) is 13.1. The van der Waals surface area contributed by atoms with Crippen molar-refractivity contribution in [3.05, 3.63) is 35.4 Å². The van der Waals surface area contributed by atoms with Gasteiger partial charge in [0.05, 0.1) is 11.6 Å². The number of aryl methyl sites for hydroxylation is 1. The van der Waals surface area contributed by atoms with Crippen LogP contribution in [-0.2, 0) is 11.2 Å². The Hall–Kier alpha value is -1.82. The van der Waals surface area contributed by atoms with Gasteiger partial charge in [-0.05, 0) is 36.5 Å². The average Bonchev–Trinajstić information content (AvgIpc) is 2.42. The first-order chi connectivity index (χ1) is 9.25. The molecular formula is C17H24N2O. The number of benzene rings is 1. The standard InChI is InChI=1S/C17H24N2O/c1-13(17(2,3)4)19(5)16(20)11-10-14-6-8-15(12-18)9-7-14/h6-9,13H,10-11H2,1-5H3/t13-/m1/s1. The minimum absolute atomic E-state index is 0.0822. The van der Waals surface area contributed by atoms with Crippen molar-refractivity contribution >= 4 is 5.91 Å². The van der Waals surface area contributed by atoms with Crippen molar-refractivity contribution in [1.82, 2.24) is 4.90 Å². The van der Waals surface area contributed by atoms with Crippen LogP contribution < -0.4 is 0 Å². The Kier molecular flexibility index (Phi) is 5.33. The monoisotopic (exact) mass is 272 g/mol. The topological polar surface area (TPSA) is 44.1 Å².